The van der Waals surface area contributed by atoms with Gasteiger partial charge in [0, 0.05) is 43.3 Å². The van der Waals surface area contributed by atoms with Gasteiger partial charge in [0.2, 0.25) is 5.91 Å². The first-order chi connectivity index (χ1) is 16.4. The molecule has 1 aromatic heterocycles. The molecule has 0 bridgehead atoms. The van der Waals surface area contributed by atoms with Crippen molar-refractivity contribution in [1.29, 1.82) is 0 Å². The van der Waals surface area contributed by atoms with Crippen LogP contribution in [-0.4, -0.2) is 50.7 Å². The molecule has 7 heteroatoms. The Morgan fingerprint density at radius 3 is 2.38 bits per heavy atom. The Hall–Kier alpha value is -3.74. The summed E-state index contributed by atoms with van der Waals surface area (Å²) in [7, 11) is 1.65. The van der Waals surface area contributed by atoms with Gasteiger partial charge in [-0.25, -0.2) is 4.79 Å². The van der Waals surface area contributed by atoms with E-state index >= 15 is 0 Å². The van der Waals surface area contributed by atoms with Crippen LogP contribution >= 0.6 is 0 Å². The van der Waals surface area contributed by atoms with Crippen LogP contribution in [0.3, 0.4) is 0 Å². The summed E-state index contributed by atoms with van der Waals surface area (Å²) in [6.45, 7) is 10.6. The maximum atomic E-state index is 13.0. The van der Waals surface area contributed by atoms with E-state index in [-0.39, 0.29) is 12.3 Å². The molecule has 178 valence electrons. The van der Waals surface area contributed by atoms with Crippen molar-refractivity contribution < 1.29 is 18.7 Å². The highest BCUT2D eigenvalue weighted by Crippen LogP contribution is 2.25. The fraction of sp³-hybridized carbons (Fsp3) is 0.333. The second-order valence-corrected chi connectivity index (χ2v) is 8.64. The van der Waals surface area contributed by atoms with E-state index in [1.54, 1.807) is 13.2 Å². The van der Waals surface area contributed by atoms with E-state index in [9.17, 15) is 9.59 Å². The number of rotatable bonds is 7. The summed E-state index contributed by atoms with van der Waals surface area (Å²) in [5.41, 5.74) is 3.15. The number of carbonyl (C=O) groups excluding carboxylic acids is 1. The summed E-state index contributed by atoms with van der Waals surface area (Å²) >= 11 is 0. The van der Waals surface area contributed by atoms with Gasteiger partial charge in [-0.3, -0.25) is 4.79 Å². The lowest BCUT2D eigenvalue weighted by molar-refractivity contribution is -0.130. The molecule has 1 amide bonds. The van der Waals surface area contributed by atoms with Gasteiger partial charge in [0.1, 0.15) is 23.7 Å². The van der Waals surface area contributed by atoms with E-state index in [2.05, 4.69) is 11.5 Å². The number of amides is 1. The molecule has 0 atom stereocenters. The normalized spacial score (nSPS) is 13.7. The molecule has 0 radical (unpaired) electrons. The second-order valence-electron chi connectivity index (χ2n) is 8.64. The lowest BCUT2D eigenvalue weighted by atomic mass is 10.0. The van der Waals surface area contributed by atoms with E-state index < -0.39 is 5.63 Å². The van der Waals surface area contributed by atoms with Gasteiger partial charge in [-0.2, -0.15) is 0 Å². The molecule has 2 aromatic carbocycles. The van der Waals surface area contributed by atoms with Crippen LogP contribution in [0.4, 0.5) is 5.69 Å². The first kappa shape index (κ1) is 23.4. The smallest absolute Gasteiger partial charge is 0.340 e. The molecule has 1 aliphatic heterocycles. The van der Waals surface area contributed by atoms with Crippen molar-refractivity contribution in [3.05, 3.63) is 76.2 Å². The van der Waals surface area contributed by atoms with Crippen molar-refractivity contribution in [2.75, 3.05) is 44.8 Å². The fourth-order valence-corrected chi connectivity index (χ4v) is 4.15. The highest BCUT2D eigenvalue weighted by Gasteiger charge is 2.24. The van der Waals surface area contributed by atoms with Crippen LogP contribution in [-0.2, 0) is 11.2 Å². The molecule has 0 aliphatic carbocycles. The topological polar surface area (TPSA) is 72.2 Å². The van der Waals surface area contributed by atoms with Crippen LogP contribution in [0.5, 0.6) is 11.5 Å². The van der Waals surface area contributed by atoms with Crippen LogP contribution in [0.2, 0.25) is 0 Å². The SMILES string of the molecule is C=C(C)COc1ccc2c(C)c(CC(=O)N3CCN(c4ccc(OC)cc4)CC3)c(=O)oc2c1. The number of ether oxygens (including phenoxy) is 2. The van der Waals surface area contributed by atoms with Gasteiger partial charge in [0.25, 0.3) is 0 Å². The largest absolute Gasteiger partial charge is 0.497 e. The first-order valence-corrected chi connectivity index (χ1v) is 11.4. The maximum Gasteiger partial charge on any atom is 0.340 e. The molecule has 0 unspecified atom stereocenters. The van der Waals surface area contributed by atoms with Gasteiger partial charge in [0.15, 0.2) is 0 Å². The van der Waals surface area contributed by atoms with Crippen LogP contribution < -0.4 is 20.0 Å². The Kier molecular flexibility index (Phi) is 6.91. The minimum absolute atomic E-state index is 0.0283. The lowest BCUT2D eigenvalue weighted by Gasteiger charge is -2.36. The summed E-state index contributed by atoms with van der Waals surface area (Å²) < 4.78 is 16.4. The summed E-state index contributed by atoms with van der Waals surface area (Å²) in [6, 6.07) is 13.3. The Morgan fingerprint density at radius 1 is 1.06 bits per heavy atom. The molecule has 4 rings (SSSR count). The number of aryl methyl sites for hydroxylation is 1. The molecule has 1 fully saturated rings. The molecule has 1 aliphatic rings. The molecule has 1 saturated heterocycles. The number of carbonyl (C=O) groups is 1. The number of anilines is 1. The third-order valence-corrected chi connectivity index (χ3v) is 6.14. The van der Waals surface area contributed by atoms with E-state index in [1.165, 1.54) is 0 Å². The molecule has 0 saturated carbocycles. The third-order valence-electron chi connectivity index (χ3n) is 6.14. The highest BCUT2D eigenvalue weighted by atomic mass is 16.5. The van der Waals surface area contributed by atoms with Gasteiger partial charge < -0.3 is 23.7 Å². The number of benzene rings is 2. The van der Waals surface area contributed by atoms with Crippen LogP contribution in [0.25, 0.3) is 11.0 Å². The number of hydrogen-bond acceptors (Lipinski definition) is 6. The Labute approximate surface area is 199 Å². The molecule has 2 heterocycles. The van der Waals surface area contributed by atoms with Crippen LogP contribution in [0.15, 0.2) is 63.8 Å². The maximum absolute atomic E-state index is 13.0. The van der Waals surface area contributed by atoms with Crippen molar-refractivity contribution in [2.45, 2.75) is 20.3 Å². The van der Waals surface area contributed by atoms with Crippen LogP contribution in [0.1, 0.15) is 18.1 Å². The predicted octanol–water partition coefficient (Wildman–Crippen LogP) is 3.96. The van der Waals surface area contributed by atoms with Gasteiger partial charge in [0.05, 0.1) is 19.1 Å². The van der Waals surface area contributed by atoms with Crippen molar-refractivity contribution in [2.24, 2.45) is 0 Å². The highest BCUT2D eigenvalue weighted by molar-refractivity contribution is 5.85. The van der Waals surface area contributed by atoms with Crippen molar-refractivity contribution in [1.82, 2.24) is 4.90 Å². The predicted molar refractivity (Wildman–Crippen MR) is 133 cm³/mol. The monoisotopic (exact) mass is 462 g/mol. The Bertz CT molecular complexity index is 1250. The standard InChI is InChI=1S/C27H30N2O5/c1-18(2)17-33-22-9-10-23-19(3)24(27(31)34-25(23)15-22)16-26(30)29-13-11-28(12-14-29)20-5-7-21(32-4)8-6-20/h5-10,15H,1,11-14,16-17H2,2-4H3. The minimum Gasteiger partial charge on any atom is -0.497 e. The second kappa shape index (κ2) is 10.0. The Morgan fingerprint density at radius 2 is 1.74 bits per heavy atom. The zero-order chi connectivity index (χ0) is 24.2. The Balaban J connectivity index is 1.43. The molecule has 0 N–H and O–H groups in total. The molecule has 0 spiro atoms. The van der Waals surface area contributed by atoms with Gasteiger partial charge >= 0.3 is 5.63 Å². The average Bonchev–Trinajstić information content (AvgIpc) is 2.85. The summed E-state index contributed by atoms with van der Waals surface area (Å²) in [5, 5.41) is 0.800. The first-order valence-electron chi connectivity index (χ1n) is 11.4. The summed E-state index contributed by atoms with van der Waals surface area (Å²) in [4.78, 5) is 29.8. The fourth-order valence-electron chi connectivity index (χ4n) is 4.15. The van der Waals surface area contributed by atoms with E-state index in [0.29, 0.717) is 36.6 Å². The quantitative estimate of drug-likeness (QED) is 0.391. The van der Waals surface area contributed by atoms with Gasteiger partial charge in [-0.15, -0.1) is 0 Å². The van der Waals surface area contributed by atoms with E-state index in [4.69, 9.17) is 13.9 Å². The third kappa shape index (κ3) is 5.09. The van der Waals surface area contributed by atoms with Gasteiger partial charge in [-0.1, -0.05) is 6.58 Å². The lowest BCUT2D eigenvalue weighted by Crippen LogP contribution is -2.49. The number of hydrogen-bond donors (Lipinski definition) is 0. The average molecular weight is 463 g/mol. The number of methoxy groups -OCH3 is 1. The number of fused-ring (bicyclic) bond motifs is 1. The number of nitrogens with zero attached hydrogens (tertiary/aromatic N) is 2. The molecular formula is C27H30N2O5. The molecule has 7 nitrogen and oxygen atoms in total. The minimum atomic E-state index is -0.479. The molecule has 3 aromatic rings. The van der Waals surface area contributed by atoms with E-state index in [0.717, 1.165) is 41.0 Å². The summed E-state index contributed by atoms with van der Waals surface area (Å²) in [5.74, 6) is 1.36. The van der Waals surface area contributed by atoms with Crippen molar-refractivity contribution in [3.8, 4) is 11.5 Å². The van der Waals surface area contributed by atoms with Crippen LogP contribution in [0, 0.1) is 6.92 Å². The van der Waals surface area contributed by atoms with Gasteiger partial charge in [-0.05, 0) is 61.4 Å². The molecule has 34 heavy (non-hydrogen) atoms. The van der Waals surface area contributed by atoms with E-state index in [1.807, 2.05) is 55.1 Å². The zero-order valence-corrected chi connectivity index (χ0v) is 19.9. The number of piperazine rings is 1. The van der Waals surface area contributed by atoms with Crippen molar-refractivity contribution in [3.63, 3.8) is 0 Å². The molecular weight excluding hydrogens is 432 g/mol. The zero-order valence-electron chi connectivity index (χ0n) is 19.9. The summed E-state index contributed by atoms with van der Waals surface area (Å²) in [6.07, 6.45) is 0.0283. The van der Waals surface area contributed by atoms with Crippen molar-refractivity contribution >= 4 is 22.6 Å².